The Morgan fingerprint density at radius 2 is 2.29 bits per heavy atom. The number of fused-ring (bicyclic) bond motifs is 1. The first-order chi connectivity index (χ1) is 10.2. The van der Waals surface area contributed by atoms with Crippen LogP contribution < -0.4 is 15.4 Å². The number of nitrogens with one attached hydrogen (secondary N) is 2. The number of amides is 1. The first kappa shape index (κ1) is 14.1. The molecule has 0 saturated carbocycles. The molecule has 110 valence electrons. The van der Waals surface area contributed by atoms with E-state index < -0.39 is 0 Å². The lowest BCUT2D eigenvalue weighted by Gasteiger charge is -2.26. The van der Waals surface area contributed by atoms with Crippen molar-refractivity contribution in [3.63, 3.8) is 0 Å². The first-order valence-corrected chi connectivity index (χ1v) is 7.93. The zero-order valence-corrected chi connectivity index (χ0v) is 12.9. The molecule has 21 heavy (non-hydrogen) atoms. The van der Waals surface area contributed by atoms with Gasteiger partial charge in [0.25, 0.3) is 5.91 Å². The van der Waals surface area contributed by atoms with Crippen LogP contribution in [0.4, 0.5) is 5.69 Å². The Balaban J connectivity index is 1.93. The van der Waals surface area contributed by atoms with Crippen molar-refractivity contribution in [1.29, 1.82) is 0 Å². The molecule has 2 atom stereocenters. The van der Waals surface area contributed by atoms with Crippen molar-refractivity contribution in [2.24, 2.45) is 0 Å². The molecule has 0 bridgehead atoms. The van der Waals surface area contributed by atoms with Gasteiger partial charge in [-0.2, -0.15) is 0 Å². The molecule has 0 radical (unpaired) electrons. The molecule has 4 nitrogen and oxygen atoms in total. The Morgan fingerprint density at radius 1 is 1.43 bits per heavy atom. The Morgan fingerprint density at radius 3 is 2.95 bits per heavy atom. The lowest BCUT2D eigenvalue weighted by atomic mass is 10.0. The number of benzene rings is 1. The van der Waals surface area contributed by atoms with Crippen LogP contribution in [0.1, 0.15) is 29.8 Å². The summed E-state index contributed by atoms with van der Waals surface area (Å²) in [4.78, 5) is 13.2. The Bertz CT molecular complexity index is 640. The summed E-state index contributed by atoms with van der Waals surface area (Å²) in [5.41, 5.74) is 1.86. The second kappa shape index (κ2) is 5.87. The number of ether oxygens (including phenoxy) is 1. The average Bonchev–Trinajstić information content (AvgIpc) is 3.01. The zero-order valence-electron chi connectivity index (χ0n) is 12.1. The van der Waals surface area contributed by atoms with Crippen LogP contribution >= 0.6 is 11.3 Å². The van der Waals surface area contributed by atoms with E-state index in [1.165, 1.54) is 4.88 Å². The van der Waals surface area contributed by atoms with Crippen LogP contribution in [0.15, 0.2) is 35.7 Å². The Kier molecular flexibility index (Phi) is 3.94. The number of thiophene rings is 1. The third-order valence-corrected chi connectivity index (χ3v) is 4.58. The van der Waals surface area contributed by atoms with Gasteiger partial charge < -0.3 is 15.4 Å². The highest BCUT2D eigenvalue weighted by molar-refractivity contribution is 7.10. The van der Waals surface area contributed by atoms with Gasteiger partial charge in [-0.25, -0.2) is 0 Å². The summed E-state index contributed by atoms with van der Waals surface area (Å²) in [7, 11) is 1.94. The number of anilines is 1. The summed E-state index contributed by atoms with van der Waals surface area (Å²) in [6, 6.07) is 10.2. The van der Waals surface area contributed by atoms with E-state index in [-0.39, 0.29) is 18.1 Å². The van der Waals surface area contributed by atoms with Crippen LogP contribution in [0.3, 0.4) is 0 Å². The topological polar surface area (TPSA) is 50.4 Å². The van der Waals surface area contributed by atoms with E-state index in [2.05, 4.69) is 22.1 Å². The maximum atomic E-state index is 11.9. The molecular weight excluding hydrogens is 284 g/mol. The molecule has 0 fully saturated rings. The molecule has 1 aliphatic heterocycles. The van der Waals surface area contributed by atoms with Gasteiger partial charge in [0.1, 0.15) is 5.75 Å². The maximum absolute atomic E-state index is 11.9. The number of hydrogen-bond acceptors (Lipinski definition) is 4. The van der Waals surface area contributed by atoms with Gasteiger partial charge in [-0.3, -0.25) is 4.79 Å². The van der Waals surface area contributed by atoms with E-state index in [4.69, 9.17) is 4.74 Å². The van der Waals surface area contributed by atoms with E-state index in [1.807, 2.05) is 38.2 Å². The first-order valence-electron chi connectivity index (χ1n) is 7.05. The minimum Gasteiger partial charge on any atom is -0.478 e. The third-order valence-electron chi connectivity index (χ3n) is 3.64. The summed E-state index contributed by atoms with van der Waals surface area (Å²) in [6.45, 7) is 1.94. The molecule has 2 aromatic rings. The summed E-state index contributed by atoms with van der Waals surface area (Å²) in [6.07, 6.45) is 0.280. The molecule has 1 aromatic carbocycles. The average molecular weight is 302 g/mol. The molecule has 2 unspecified atom stereocenters. The number of rotatable bonds is 4. The fourth-order valence-electron chi connectivity index (χ4n) is 2.55. The fourth-order valence-corrected chi connectivity index (χ4v) is 3.41. The molecule has 3 rings (SSSR count). The SMILES string of the molecule is CCC1Oc2ccc(C(NC)c3cccs3)cc2NC1=O. The van der Waals surface area contributed by atoms with Crippen LogP contribution in [0.2, 0.25) is 0 Å². The lowest BCUT2D eigenvalue weighted by molar-refractivity contribution is -0.123. The van der Waals surface area contributed by atoms with Gasteiger partial charge in [-0.05, 0) is 42.6 Å². The third kappa shape index (κ3) is 2.66. The van der Waals surface area contributed by atoms with Gasteiger partial charge in [0.2, 0.25) is 0 Å². The maximum Gasteiger partial charge on any atom is 0.265 e. The molecule has 1 amide bonds. The van der Waals surface area contributed by atoms with Crippen LogP contribution in [0.5, 0.6) is 5.75 Å². The second-order valence-electron chi connectivity index (χ2n) is 5.00. The molecule has 0 spiro atoms. The van der Waals surface area contributed by atoms with E-state index in [0.717, 1.165) is 17.0 Å². The van der Waals surface area contributed by atoms with Crippen LogP contribution in [0.25, 0.3) is 0 Å². The Labute approximate surface area is 128 Å². The quantitative estimate of drug-likeness (QED) is 0.912. The zero-order chi connectivity index (χ0) is 14.8. The second-order valence-corrected chi connectivity index (χ2v) is 5.98. The number of hydrogen-bond donors (Lipinski definition) is 2. The standard InChI is InChI=1S/C16H18N2O2S/c1-3-12-16(19)18-11-9-10(6-7-13(11)20-12)15(17-2)14-5-4-8-21-14/h4-9,12,15,17H,3H2,1-2H3,(H,18,19). The molecule has 0 saturated heterocycles. The molecule has 5 heteroatoms. The smallest absolute Gasteiger partial charge is 0.265 e. The summed E-state index contributed by atoms with van der Waals surface area (Å²) >= 11 is 1.71. The Hall–Kier alpha value is -1.85. The van der Waals surface area contributed by atoms with Gasteiger partial charge >= 0.3 is 0 Å². The van der Waals surface area contributed by atoms with Gasteiger partial charge in [-0.1, -0.05) is 19.1 Å². The van der Waals surface area contributed by atoms with Crippen molar-refractivity contribution in [3.05, 3.63) is 46.2 Å². The van der Waals surface area contributed by atoms with E-state index in [9.17, 15) is 4.79 Å². The van der Waals surface area contributed by atoms with Crippen LogP contribution in [-0.2, 0) is 4.79 Å². The van der Waals surface area contributed by atoms with Crippen LogP contribution in [-0.4, -0.2) is 19.1 Å². The van der Waals surface area contributed by atoms with Crippen molar-refractivity contribution in [2.45, 2.75) is 25.5 Å². The van der Waals surface area contributed by atoms with Gasteiger partial charge in [0.05, 0.1) is 11.7 Å². The molecule has 0 aliphatic carbocycles. The summed E-state index contributed by atoms with van der Waals surface area (Å²) < 4.78 is 5.72. The highest BCUT2D eigenvalue weighted by Crippen LogP contribution is 2.35. The van der Waals surface area contributed by atoms with E-state index in [0.29, 0.717) is 6.42 Å². The molecule has 1 aliphatic rings. The minimum atomic E-state index is -0.388. The van der Waals surface area contributed by atoms with Crippen LogP contribution in [0, 0.1) is 0 Å². The largest absolute Gasteiger partial charge is 0.478 e. The highest BCUT2D eigenvalue weighted by Gasteiger charge is 2.26. The lowest BCUT2D eigenvalue weighted by Crippen LogP contribution is -2.36. The van der Waals surface area contributed by atoms with Crippen molar-refractivity contribution < 1.29 is 9.53 Å². The van der Waals surface area contributed by atoms with Gasteiger partial charge in [-0.15, -0.1) is 11.3 Å². The number of carbonyl (C=O) groups is 1. The van der Waals surface area contributed by atoms with E-state index in [1.54, 1.807) is 11.3 Å². The summed E-state index contributed by atoms with van der Waals surface area (Å²) in [5.74, 6) is 0.672. The predicted molar refractivity (Wildman–Crippen MR) is 85.0 cm³/mol. The predicted octanol–water partition coefficient (Wildman–Crippen LogP) is 3.17. The normalized spacial score (nSPS) is 18.6. The molecule has 2 N–H and O–H groups in total. The van der Waals surface area contributed by atoms with Gasteiger partial charge in [0, 0.05) is 4.88 Å². The fraction of sp³-hybridized carbons (Fsp3) is 0.312. The monoisotopic (exact) mass is 302 g/mol. The summed E-state index contributed by atoms with van der Waals surface area (Å²) in [5, 5.41) is 8.32. The number of carbonyl (C=O) groups excluding carboxylic acids is 1. The molecule has 1 aromatic heterocycles. The minimum absolute atomic E-state index is 0.0701. The molecular formula is C16H18N2O2S. The van der Waals surface area contributed by atoms with Crippen molar-refractivity contribution in [3.8, 4) is 5.75 Å². The van der Waals surface area contributed by atoms with Gasteiger partial charge in [0.15, 0.2) is 6.10 Å². The van der Waals surface area contributed by atoms with Crippen molar-refractivity contribution >= 4 is 22.9 Å². The van der Waals surface area contributed by atoms with Crippen molar-refractivity contribution in [2.75, 3.05) is 12.4 Å². The van der Waals surface area contributed by atoms with Crippen molar-refractivity contribution in [1.82, 2.24) is 5.32 Å². The highest BCUT2D eigenvalue weighted by atomic mass is 32.1. The van der Waals surface area contributed by atoms with E-state index >= 15 is 0 Å². The molecule has 2 heterocycles.